The topological polar surface area (TPSA) is 87.0 Å². The van der Waals surface area contributed by atoms with Crippen LogP contribution in [0.1, 0.15) is 55.1 Å². The van der Waals surface area contributed by atoms with Crippen LogP contribution in [0.3, 0.4) is 0 Å². The van der Waals surface area contributed by atoms with Gasteiger partial charge in [-0.1, -0.05) is 6.92 Å². The summed E-state index contributed by atoms with van der Waals surface area (Å²) in [4.78, 5) is 12.8. The summed E-state index contributed by atoms with van der Waals surface area (Å²) in [6, 6.07) is 0. The Morgan fingerprint density at radius 3 is 2.72 bits per heavy atom. The summed E-state index contributed by atoms with van der Waals surface area (Å²) in [5.74, 6) is -0.109. The van der Waals surface area contributed by atoms with Gasteiger partial charge in [-0.05, 0) is 49.5 Å². The van der Waals surface area contributed by atoms with Crippen LogP contribution in [-0.2, 0) is 11.8 Å². The van der Waals surface area contributed by atoms with Gasteiger partial charge in [0.25, 0.3) is 0 Å². The zero-order valence-electron chi connectivity index (χ0n) is 14.6. The van der Waals surface area contributed by atoms with E-state index in [1.165, 1.54) is 0 Å². The van der Waals surface area contributed by atoms with E-state index in [9.17, 15) is 20.1 Å². The van der Waals surface area contributed by atoms with Gasteiger partial charge < -0.3 is 20.1 Å². The number of phenols is 2. The Morgan fingerprint density at radius 1 is 1.32 bits per heavy atom. The Bertz CT molecular complexity index is 877. The maximum Gasteiger partial charge on any atom is 0.190 e. The van der Waals surface area contributed by atoms with E-state index in [1.54, 1.807) is 6.08 Å². The van der Waals surface area contributed by atoms with E-state index in [2.05, 4.69) is 0 Å². The number of ketones is 1. The van der Waals surface area contributed by atoms with Crippen molar-refractivity contribution in [2.24, 2.45) is 0 Å². The van der Waals surface area contributed by atoms with Gasteiger partial charge in [-0.25, -0.2) is 0 Å². The number of phenolic OH excluding ortho intramolecular Hbond substituents is 2. The molecule has 2 atom stereocenters. The molecule has 0 fully saturated rings. The molecule has 0 bridgehead atoms. The average Bonchev–Trinajstić information content (AvgIpc) is 2.96. The first kappa shape index (κ1) is 16.2. The van der Waals surface area contributed by atoms with Gasteiger partial charge in [-0.3, -0.25) is 4.79 Å². The van der Waals surface area contributed by atoms with Crippen molar-refractivity contribution in [3.8, 4) is 17.2 Å². The van der Waals surface area contributed by atoms with Crippen molar-refractivity contribution in [1.82, 2.24) is 0 Å². The molecule has 1 aliphatic heterocycles. The van der Waals surface area contributed by atoms with Gasteiger partial charge >= 0.3 is 0 Å². The molecule has 0 radical (unpaired) electrons. The standard InChI is InChI=1S/C20H22O5/c1-9-6-12-17(23)15-14(22)7-13-10(2)11(8-21)4-5-20(13,3)16(15)18(24)19(12)25-9/h7,9,21,23-24H,4-6,8H2,1-3H3/t9-,20-/m0/s1. The summed E-state index contributed by atoms with van der Waals surface area (Å²) in [5, 5.41) is 31.3. The van der Waals surface area contributed by atoms with E-state index < -0.39 is 5.41 Å². The van der Waals surface area contributed by atoms with Crippen molar-refractivity contribution < 1.29 is 24.9 Å². The van der Waals surface area contributed by atoms with E-state index in [0.717, 1.165) is 16.7 Å². The van der Waals surface area contributed by atoms with E-state index in [-0.39, 0.29) is 35.6 Å². The average molecular weight is 342 g/mol. The number of carbonyl (C=O) groups excluding carboxylic acids is 1. The summed E-state index contributed by atoms with van der Waals surface area (Å²) in [5.41, 5.74) is 3.17. The molecule has 132 valence electrons. The summed E-state index contributed by atoms with van der Waals surface area (Å²) >= 11 is 0. The Balaban J connectivity index is 2.03. The monoisotopic (exact) mass is 342 g/mol. The fourth-order valence-corrected chi connectivity index (χ4v) is 4.63. The van der Waals surface area contributed by atoms with Crippen LogP contribution in [0, 0.1) is 0 Å². The molecular weight excluding hydrogens is 320 g/mol. The number of allylic oxidation sites excluding steroid dienone is 3. The molecule has 0 saturated heterocycles. The lowest BCUT2D eigenvalue weighted by Crippen LogP contribution is -2.35. The maximum absolute atomic E-state index is 12.8. The van der Waals surface area contributed by atoms with Crippen LogP contribution in [-0.4, -0.2) is 33.8 Å². The van der Waals surface area contributed by atoms with Crippen molar-refractivity contribution in [3.63, 3.8) is 0 Å². The van der Waals surface area contributed by atoms with Crippen molar-refractivity contribution in [2.45, 2.75) is 51.6 Å². The van der Waals surface area contributed by atoms with Crippen LogP contribution in [0.2, 0.25) is 0 Å². The molecule has 1 aromatic carbocycles. The first-order valence-electron chi connectivity index (χ1n) is 8.63. The highest BCUT2D eigenvalue weighted by Gasteiger charge is 2.47. The fraction of sp³-hybridized carbons (Fsp3) is 0.450. The normalized spacial score (nSPS) is 27.4. The quantitative estimate of drug-likeness (QED) is 0.683. The SMILES string of the molecule is CC1=C(CO)CC[C@@]2(C)C1=CC(=O)c1c(O)c3c(c(O)c12)O[C@@H](C)C3. The third kappa shape index (κ3) is 1.96. The Kier molecular flexibility index (Phi) is 3.32. The zero-order valence-corrected chi connectivity index (χ0v) is 14.6. The molecule has 0 aromatic heterocycles. The van der Waals surface area contributed by atoms with Crippen molar-refractivity contribution in [2.75, 3.05) is 6.61 Å². The highest BCUT2D eigenvalue weighted by molar-refractivity contribution is 6.12. The fourth-order valence-electron chi connectivity index (χ4n) is 4.63. The van der Waals surface area contributed by atoms with Crippen LogP contribution in [0.15, 0.2) is 22.8 Å². The van der Waals surface area contributed by atoms with E-state index in [4.69, 9.17) is 4.74 Å². The van der Waals surface area contributed by atoms with Crippen LogP contribution >= 0.6 is 0 Å². The van der Waals surface area contributed by atoms with Gasteiger partial charge in [0.05, 0.1) is 12.2 Å². The Hall–Kier alpha value is -2.27. The van der Waals surface area contributed by atoms with Gasteiger partial charge in [0.2, 0.25) is 0 Å². The third-order valence-corrected chi connectivity index (χ3v) is 6.03. The number of aliphatic hydroxyl groups is 1. The predicted molar refractivity (Wildman–Crippen MR) is 92.4 cm³/mol. The lowest BCUT2D eigenvalue weighted by Gasteiger charge is -2.42. The summed E-state index contributed by atoms with van der Waals surface area (Å²) in [6.07, 6.45) is 3.19. The molecule has 25 heavy (non-hydrogen) atoms. The second kappa shape index (κ2) is 5.11. The molecule has 0 amide bonds. The van der Waals surface area contributed by atoms with Crippen LogP contribution in [0.5, 0.6) is 17.2 Å². The highest BCUT2D eigenvalue weighted by atomic mass is 16.5. The van der Waals surface area contributed by atoms with Crippen molar-refractivity contribution in [3.05, 3.63) is 39.5 Å². The summed E-state index contributed by atoms with van der Waals surface area (Å²) < 4.78 is 5.72. The highest BCUT2D eigenvalue weighted by Crippen LogP contribution is 2.58. The largest absolute Gasteiger partial charge is 0.507 e. The van der Waals surface area contributed by atoms with E-state index in [1.807, 2.05) is 20.8 Å². The summed E-state index contributed by atoms with van der Waals surface area (Å²) in [6.45, 7) is 5.70. The second-order valence-electron chi connectivity index (χ2n) is 7.53. The lowest BCUT2D eigenvalue weighted by molar-refractivity contribution is 0.103. The van der Waals surface area contributed by atoms with Gasteiger partial charge in [0.15, 0.2) is 17.3 Å². The van der Waals surface area contributed by atoms with Gasteiger partial charge in [0.1, 0.15) is 11.9 Å². The van der Waals surface area contributed by atoms with Gasteiger partial charge in [-0.2, -0.15) is 0 Å². The smallest absolute Gasteiger partial charge is 0.190 e. The molecule has 0 unspecified atom stereocenters. The minimum Gasteiger partial charge on any atom is -0.507 e. The second-order valence-corrected chi connectivity index (χ2v) is 7.53. The number of aliphatic hydroxyl groups excluding tert-OH is 1. The lowest BCUT2D eigenvalue weighted by atomic mass is 9.61. The molecule has 3 aliphatic rings. The molecule has 4 rings (SSSR count). The maximum atomic E-state index is 12.8. The van der Waals surface area contributed by atoms with Crippen LogP contribution in [0.25, 0.3) is 0 Å². The predicted octanol–water partition coefficient (Wildman–Crippen LogP) is 2.90. The van der Waals surface area contributed by atoms with Crippen molar-refractivity contribution in [1.29, 1.82) is 0 Å². The molecule has 3 N–H and O–H groups in total. The van der Waals surface area contributed by atoms with Crippen LogP contribution in [0.4, 0.5) is 0 Å². The molecule has 5 nitrogen and oxygen atoms in total. The summed E-state index contributed by atoms with van der Waals surface area (Å²) in [7, 11) is 0. The first-order valence-corrected chi connectivity index (χ1v) is 8.63. The number of rotatable bonds is 1. The number of benzene rings is 1. The van der Waals surface area contributed by atoms with E-state index >= 15 is 0 Å². The number of carbonyl (C=O) groups is 1. The number of ether oxygens (including phenoxy) is 1. The molecule has 1 heterocycles. The van der Waals surface area contributed by atoms with E-state index in [0.29, 0.717) is 36.1 Å². The number of aromatic hydroxyl groups is 2. The minimum atomic E-state index is -0.599. The number of hydrogen-bond donors (Lipinski definition) is 3. The number of hydrogen-bond acceptors (Lipinski definition) is 5. The number of fused-ring (bicyclic) bond motifs is 4. The Morgan fingerprint density at radius 2 is 2.04 bits per heavy atom. The molecule has 1 aromatic rings. The Labute approximate surface area is 146 Å². The van der Waals surface area contributed by atoms with Crippen LogP contribution < -0.4 is 4.74 Å². The van der Waals surface area contributed by atoms with Gasteiger partial charge in [0, 0.05) is 23.0 Å². The zero-order chi connectivity index (χ0) is 18.1. The molecule has 0 saturated carbocycles. The molecular formula is C20H22O5. The first-order chi connectivity index (χ1) is 11.8. The molecule has 0 spiro atoms. The third-order valence-electron chi connectivity index (χ3n) is 6.03. The van der Waals surface area contributed by atoms with Gasteiger partial charge in [-0.15, -0.1) is 0 Å². The van der Waals surface area contributed by atoms with Crippen molar-refractivity contribution >= 4 is 5.78 Å². The molecule has 5 heteroatoms. The molecule has 2 aliphatic carbocycles. The minimum absolute atomic E-state index is 0.0335.